The van der Waals surface area contributed by atoms with Crippen molar-refractivity contribution in [1.29, 1.82) is 0 Å². The van der Waals surface area contributed by atoms with Gasteiger partial charge >= 0.3 is 0 Å². The van der Waals surface area contributed by atoms with E-state index in [2.05, 4.69) is 75.8 Å². The van der Waals surface area contributed by atoms with E-state index < -0.39 is 0 Å². The van der Waals surface area contributed by atoms with Crippen molar-refractivity contribution in [2.75, 3.05) is 19.6 Å². The Labute approximate surface area is 196 Å². The highest BCUT2D eigenvalue weighted by Gasteiger charge is 2.20. The van der Waals surface area contributed by atoms with Gasteiger partial charge in [0.15, 0.2) is 0 Å². The molecule has 32 heavy (non-hydrogen) atoms. The average molecular weight is 442 g/mol. The SMILES string of the molecule is CCCc1cccc(F)c1.C\C=C(CC)/C(C(/C)=N/C=C/CC)=C(/C)N1CCNC(C)C1. The summed E-state index contributed by atoms with van der Waals surface area (Å²) < 4.78 is 12.5. The van der Waals surface area contributed by atoms with Crippen LogP contribution >= 0.6 is 0 Å². The number of allylic oxidation sites excluding steroid dienone is 5. The third kappa shape index (κ3) is 9.52. The van der Waals surface area contributed by atoms with E-state index in [1.165, 1.54) is 22.9 Å². The van der Waals surface area contributed by atoms with Crippen LogP contribution in [-0.2, 0) is 6.42 Å². The third-order valence-corrected chi connectivity index (χ3v) is 5.65. The predicted molar refractivity (Wildman–Crippen MR) is 139 cm³/mol. The van der Waals surface area contributed by atoms with Gasteiger partial charge in [0.05, 0.1) is 0 Å². The van der Waals surface area contributed by atoms with E-state index in [4.69, 9.17) is 0 Å². The van der Waals surface area contributed by atoms with Gasteiger partial charge in [0.1, 0.15) is 5.82 Å². The van der Waals surface area contributed by atoms with E-state index in [-0.39, 0.29) is 5.82 Å². The van der Waals surface area contributed by atoms with Crippen molar-refractivity contribution in [1.82, 2.24) is 10.2 Å². The van der Waals surface area contributed by atoms with Crippen LogP contribution in [0.1, 0.15) is 73.3 Å². The first-order valence-electron chi connectivity index (χ1n) is 12.2. The molecule has 1 heterocycles. The molecule has 3 nitrogen and oxygen atoms in total. The molecular weight excluding hydrogens is 397 g/mol. The lowest BCUT2D eigenvalue weighted by molar-refractivity contribution is 0.255. The fourth-order valence-electron chi connectivity index (χ4n) is 3.96. The minimum absolute atomic E-state index is 0.133. The Morgan fingerprint density at radius 2 is 2.00 bits per heavy atom. The monoisotopic (exact) mass is 441 g/mol. The molecule has 1 aromatic carbocycles. The lowest BCUT2D eigenvalue weighted by Gasteiger charge is -2.35. The lowest BCUT2D eigenvalue weighted by Crippen LogP contribution is -2.48. The normalized spacial score (nSPS) is 18.4. The molecule has 1 aliphatic heterocycles. The minimum atomic E-state index is -0.133. The molecule has 0 saturated carbocycles. The van der Waals surface area contributed by atoms with Crippen molar-refractivity contribution < 1.29 is 4.39 Å². The zero-order chi connectivity index (χ0) is 23.9. The van der Waals surface area contributed by atoms with Crippen LogP contribution in [0.3, 0.4) is 0 Å². The molecule has 1 atom stereocenters. The summed E-state index contributed by atoms with van der Waals surface area (Å²) >= 11 is 0. The van der Waals surface area contributed by atoms with Gasteiger partial charge in [-0.05, 0) is 70.2 Å². The second kappa shape index (κ2) is 15.6. The molecule has 0 aliphatic carbocycles. The fraction of sp³-hybridized carbons (Fsp3) is 0.536. The molecule has 1 aliphatic rings. The van der Waals surface area contributed by atoms with E-state index in [0.29, 0.717) is 6.04 Å². The van der Waals surface area contributed by atoms with Crippen LogP contribution < -0.4 is 5.32 Å². The number of nitrogens with zero attached hydrogens (tertiary/aromatic N) is 2. The van der Waals surface area contributed by atoms with Crippen molar-refractivity contribution >= 4 is 5.71 Å². The Morgan fingerprint density at radius 1 is 1.25 bits per heavy atom. The molecule has 4 heteroatoms. The number of hydrogen-bond donors (Lipinski definition) is 1. The van der Waals surface area contributed by atoms with E-state index in [0.717, 1.165) is 56.6 Å². The Morgan fingerprint density at radius 3 is 2.56 bits per heavy atom. The fourth-order valence-corrected chi connectivity index (χ4v) is 3.96. The highest BCUT2D eigenvalue weighted by Crippen LogP contribution is 2.23. The summed E-state index contributed by atoms with van der Waals surface area (Å²) in [7, 11) is 0. The second-order valence-corrected chi connectivity index (χ2v) is 8.32. The van der Waals surface area contributed by atoms with E-state index >= 15 is 0 Å². The summed E-state index contributed by atoms with van der Waals surface area (Å²) in [5.74, 6) is -0.133. The van der Waals surface area contributed by atoms with Crippen LogP contribution in [0, 0.1) is 5.82 Å². The number of benzene rings is 1. The standard InChI is InChI=1S/C19H33N3.C9H11F/c1-7-10-11-21-16(5)19(18(8-2)9-3)17(6)22-13-12-20-15(4)14-22;1-2-4-8-5-3-6-9(10)7-8/h8,10-11,15,20H,7,9,12-14H2,1-6H3;3,5-7H,2,4H2,1H3/b11-10+,18-8-,19-17-,21-16+;. The molecule has 0 bridgehead atoms. The van der Waals surface area contributed by atoms with Crippen molar-refractivity contribution in [3.05, 3.63) is 70.8 Å². The third-order valence-electron chi connectivity index (χ3n) is 5.65. The van der Waals surface area contributed by atoms with Gasteiger partial charge in [-0.25, -0.2) is 4.39 Å². The summed E-state index contributed by atoms with van der Waals surface area (Å²) in [4.78, 5) is 7.16. The van der Waals surface area contributed by atoms with Crippen LogP contribution in [0.25, 0.3) is 0 Å². The molecule has 1 N–H and O–H groups in total. The van der Waals surface area contributed by atoms with Gasteiger partial charge in [0.25, 0.3) is 0 Å². The first-order chi connectivity index (χ1) is 15.4. The Balaban J connectivity index is 0.000000425. The van der Waals surface area contributed by atoms with Crippen LogP contribution in [0.2, 0.25) is 0 Å². The Hall–Kier alpha value is -2.20. The Bertz CT molecular complexity index is 805. The number of piperazine rings is 1. The highest BCUT2D eigenvalue weighted by atomic mass is 19.1. The van der Waals surface area contributed by atoms with Gasteiger partial charge in [0.2, 0.25) is 0 Å². The average Bonchev–Trinajstić information content (AvgIpc) is 2.78. The molecule has 178 valence electrons. The van der Waals surface area contributed by atoms with Crippen LogP contribution in [-0.4, -0.2) is 36.3 Å². The van der Waals surface area contributed by atoms with Gasteiger partial charge in [-0.3, -0.25) is 4.99 Å². The number of aryl methyl sites for hydroxylation is 1. The van der Waals surface area contributed by atoms with Crippen molar-refractivity contribution in [2.45, 2.75) is 80.2 Å². The molecule has 1 saturated heterocycles. The first kappa shape index (κ1) is 27.8. The molecule has 2 rings (SSSR count). The van der Waals surface area contributed by atoms with Crippen molar-refractivity contribution in [3.8, 4) is 0 Å². The van der Waals surface area contributed by atoms with Gasteiger partial charge in [0, 0.05) is 48.9 Å². The molecule has 0 amide bonds. The number of rotatable bonds is 8. The van der Waals surface area contributed by atoms with Crippen molar-refractivity contribution in [3.63, 3.8) is 0 Å². The molecule has 0 spiro atoms. The topological polar surface area (TPSA) is 27.6 Å². The first-order valence-corrected chi connectivity index (χ1v) is 12.2. The van der Waals surface area contributed by atoms with Gasteiger partial charge in [-0.15, -0.1) is 0 Å². The summed E-state index contributed by atoms with van der Waals surface area (Å²) in [6.45, 7) is 18.4. The lowest BCUT2D eigenvalue weighted by atomic mass is 9.96. The number of halogens is 1. The maximum atomic E-state index is 12.5. The van der Waals surface area contributed by atoms with Gasteiger partial charge in [-0.2, -0.15) is 0 Å². The zero-order valence-corrected chi connectivity index (χ0v) is 21.3. The van der Waals surface area contributed by atoms with Crippen LogP contribution in [0.15, 0.2) is 64.5 Å². The zero-order valence-electron chi connectivity index (χ0n) is 21.3. The van der Waals surface area contributed by atoms with Crippen LogP contribution in [0.5, 0.6) is 0 Å². The summed E-state index contributed by atoms with van der Waals surface area (Å²) in [6, 6.07) is 7.30. The predicted octanol–water partition coefficient (Wildman–Crippen LogP) is 7.07. The summed E-state index contributed by atoms with van der Waals surface area (Å²) in [5.41, 5.74) is 6.26. The molecule has 0 aromatic heterocycles. The molecule has 1 unspecified atom stereocenters. The largest absolute Gasteiger partial charge is 0.372 e. The van der Waals surface area contributed by atoms with E-state index in [1.807, 2.05) is 12.3 Å². The summed E-state index contributed by atoms with van der Waals surface area (Å²) in [6.07, 6.45) is 10.4. The molecule has 1 fully saturated rings. The van der Waals surface area contributed by atoms with Gasteiger partial charge in [-0.1, -0.05) is 51.5 Å². The molecule has 1 aromatic rings. The summed E-state index contributed by atoms with van der Waals surface area (Å²) in [5, 5.41) is 3.51. The maximum Gasteiger partial charge on any atom is 0.123 e. The Kier molecular flexibility index (Phi) is 13.5. The highest BCUT2D eigenvalue weighted by molar-refractivity contribution is 6.03. The number of nitrogens with one attached hydrogen (secondary N) is 1. The maximum absolute atomic E-state index is 12.5. The molecule has 0 radical (unpaired) electrons. The minimum Gasteiger partial charge on any atom is -0.372 e. The number of aliphatic imine (C=N–C) groups is 1. The van der Waals surface area contributed by atoms with E-state index in [9.17, 15) is 4.39 Å². The second-order valence-electron chi connectivity index (χ2n) is 8.32. The van der Waals surface area contributed by atoms with Crippen molar-refractivity contribution in [2.24, 2.45) is 4.99 Å². The molecular formula is C28H44FN3. The van der Waals surface area contributed by atoms with Crippen LogP contribution in [0.4, 0.5) is 4.39 Å². The quantitative estimate of drug-likeness (QED) is 0.345. The number of hydrogen-bond acceptors (Lipinski definition) is 3. The van der Waals surface area contributed by atoms with Gasteiger partial charge < -0.3 is 10.2 Å². The smallest absolute Gasteiger partial charge is 0.123 e. The van der Waals surface area contributed by atoms with E-state index in [1.54, 1.807) is 12.1 Å².